The number of rotatable bonds is 16. The Labute approximate surface area is 278 Å². The number of fused-ring (bicyclic) bond motifs is 1. The minimum atomic E-state index is 0.0884. The van der Waals surface area contributed by atoms with E-state index in [1.54, 1.807) is 0 Å². The fourth-order valence-electron chi connectivity index (χ4n) is 7.15. The minimum absolute atomic E-state index is 0.0884. The van der Waals surface area contributed by atoms with E-state index in [1.807, 2.05) is 28.0 Å². The molecule has 10 nitrogen and oxygen atoms in total. The molecule has 2 N–H and O–H groups in total. The van der Waals surface area contributed by atoms with Gasteiger partial charge in [-0.2, -0.15) is 0 Å². The average Bonchev–Trinajstić information content (AvgIpc) is 3.10. The standard InChI is InChI=1S/C37H51N3O7/c38-15-21-45-23-22-44-20-14-32(41)9-5-19-46-34-10-4-8-30(25-34)36(28-6-2-1-3-7-28)29-11-16-39(17-12-29)37(43)40-18-13-35-31(26-40)24-33(42)27-47-35/h1-4,6-8,10,25,29,31,35-36H,5,9,11-24,26-27,38H2/t31-,35+,36-/m1/s1. The average molecular weight is 650 g/mol. The van der Waals surface area contributed by atoms with E-state index in [0.29, 0.717) is 97.4 Å². The van der Waals surface area contributed by atoms with Crippen LogP contribution in [0.3, 0.4) is 0 Å². The molecule has 5 rings (SSSR count). The molecule has 0 saturated carbocycles. The number of amides is 2. The van der Waals surface area contributed by atoms with Crippen LogP contribution in [0.2, 0.25) is 0 Å². The van der Waals surface area contributed by atoms with Crippen molar-refractivity contribution in [1.82, 2.24) is 9.80 Å². The predicted molar refractivity (Wildman–Crippen MR) is 179 cm³/mol. The molecule has 3 fully saturated rings. The topological polar surface area (TPSA) is 121 Å². The van der Waals surface area contributed by atoms with Crippen molar-refractivity contribution in [1.29, 1.82) is 0 Å². The summed E-state index contributed by atoms with van der Waals surface area (Å²) in [5.74, 6) is 1.77. The van der Waals surface area contributed by atoms with E-state index in [1.165, 1.54) is 11.1 Å². The number of nitrogens with zero attached hydrogens (tertiary/aromatic N) is 2. The van der Waals surface area contributed by atoms with Crippen molar-refractivity contribution >= 4 is 17.6 Å². The summed E-state index contributed by atoms with van der Waals surface area (Å²) in [6, 6.07) is 19.0. The summed E-state index contributed by atoms with van der Waals surface area (Å²) in [4.78, 5) is 41.7. The molecule has 3 aliphatic heterocycles. The highest BCUT2D eigenvalue weighted by Crippen LogP contribution is 2.39. The first-order chi connectivity index (χ1) is 23.0. The number of carbonyl (C=O) groups excluding carboxylic acids is 3. The third-order valence-electron chi connectivity index (χ3n) is 9.57. The van der Waals surface area contributed by atoms with Gasteiger partial charge in [0.25, 0.3) is 0 Å². The van der Waals surface area contributed by atoms with Gasteiger partial charge in [0.05, 0.1) is 39.1 Å². The van der Waals surface area contributed by atoms with Crippen molar-refractivity contribution in [3.63, 3.8) is 0 Å². The van der Waals surface area contributed by atoms with Crippen molar-refractivity contribution in [3.8, 4) is 5.75 Å². The van der Waals surface area contributed by atoms with Crippen LogP contribution < -0.4 is 10.5 Å². The molecule has 3 saturated heterocycles. The number of nitrogens with two attached hydrogens (primary N) is 1. The number of Topliss-reactive ketones (excluding diaryl/α,β-unsaturated/α-hetero) is 2. The number of ether oxygens (including phenoxy) is 4. The van der Waals surface area contributed by atoms with E-state index in [2.05, 4.69) is 36.4 Å². The molecule has 3 atom stereocenters. The van der Waals surface area contributed by atoms with Crippen LogP contribution in [0.15, 0.2) is 54.6 Å². The molecule has 2 amide bonds. The second-order valence-electron chi connectivity index (χ2n) is 12.9. The summed E-state index contributed by atoms with van der Waals surface area (Å²) in [6.07, 6.45) is 4.73. The quantitative estimate of drug-likeness (QED) is 0.265. The lowest BCUT2D eigenvalue weighted by Gasteiger charge is -2.43. The van der Waals surface area contributed by atoms with E-state index >= 15 is 0 Å². The second kappa shape index (κ2) is 18.3. The fraction of sp³-hybridized carbons (Fsp3) is 0.595. The summed E-state index contributed by atoms with van der Waals surface area (Å²) >= 11 is 0. The maximum absolute atomic E-state index is 13.5. The fourth-order valence-corrected chi connectivity index (χ4v) is 7.15. The number of piperidine rings is 2. The number of hydrogen-bond donors (Lipinski definition) is 1. The molecule has 0 spiro atoms. The summed E-state index contributed by atoms with van der Waals surface area (Å²) in [6.45, 7) is 5.75. The Morgan fingerprint density at radius 2 is 1.60 bits per heavy atom. The van der Waals surface area contributed by atoms with E-state index < -0.39 is 0 Å². The smallest absolute Gasteiger partial charge is 0.320 e. The normalized spacial score (nSPS) is 20.9. The van der Waals surface area contributed by atoms with Gasteiger partial charge < -0.3 is 34.5 Å². The zero-order chi connectivity index (χ0) is 32.8. The Kier molecular flexibility index (Phi) is 13.6. The molecule has 0 radical (unpaired) electrons. The molecule has 0 bridgehead atoms. The van der Waals surface area contributed by atoms with Crippen LogP contribution in [0, 0.1) is 11.8 Å². The van der Waals surface area contributed by atoms with Crippen molar-refractivity contribution in [3.05, 3.63) is 65.7 Å². The Bertz CT molecular complexity index is 1280. The Hall–Kier alpha value is -3.31. The zero-order valence-electron chi connectivity index (χ0n) is 27.6. The van der Waals surface area contributed by atoms with Gasteiger partial charge in [0.1, 0.15) is 18.1 Å². The number of hydrogen-bond acceptors (Lipinski definition) is 8. The van der Waals surface area contributed by atoms with Crippen molar-refractivity contribution in [2.45, 2.75) is 57.0 Å². The lowest BCUT2D eigenvalue weighted by Crippen LogP contribution is -2.54. The second-order valence-corrected chi connectivity index (χ2v) is 12.9. The van der Waals surface area contributed by atoms with Crippen LogP contribution in [0.1, 0.15) is 62.0 Å². The number of benzene rings is 2. The minimum Gasteiger partial charge on any atom is -0.494 e. The highest BCUT2D eigenvalue weighted by molar-refractivity contribution is 5.81. The molecule has 0 aromatic heterocycles. The number of carbonyl (C=O) groups is 3. The molecule has 0 unspecified atom stereocenters. The molecule has 0 aliphatic carbocycles. The van der Waals surface area contributed by atoms with Gasteiger partial charge in [-0.1, -0.05) is 42.5 Å². The lowest BCUT2D eigenvalue weighted by molar-refractivity contribution is -0.140. The lowest BCUT2D eigenvalue weighted by atomic mass is 9.76. The van der Waals surface area contributed by atoms with Crippen LogP contribution in [0.4, 0.5) is 4.79 Å². The van der Waals surface area contributed by atoms with Gasteiger partial charge in [-0.3, -0.25) is 9.59 Å². The molecule has 3 aliphatic rings. The Morgan fingerprint density at radius 1 is 0.851 bits per heavy atom. The monoisotopic (exact) mass is 649 g/mol. The number of urea groups is 1. The van der Waals surface area contributed by atoms with Crippen LogP contribution in [-0.2, 0) is 23.8 Å². The van der Waals surface area contributed by atoms with E-state index in [0.717, 1.165) is 25.0 Å². The van der Waals surface area contributed by atoms with Gasteiger partial charge >= 0.3 is 6.03 Å². The van der Waals surface area contributed by atoms with Crippen LogP contribution >= 0.6 is 0 Å². The van der Waals surface area contributed by atoms with E-state index in [9.17, 15) is 14.4 Å². The van der Waals surface area contributed by atoms with Crippen LogP contribution in [-0.4, -0.2) is 106 Å². The molecular weight excluding hydrogens is 598 g/mol. The van der Waals surface area contributed by atoms with Gasteiger partial charge in [0, 0.05) is 63.8 Å². The maximum Gasteiger partial charge on any atom is 0.320 e. The summed E-state index contributed by atoms with van der Waals surface area (Å²) in [5, 5.41) is 0. The van der Waals surface area contributed by atoms with Crippen molar-refractivity contribution < 1.29 is 33.3 Å². The highest BCUT2D eigenvalue weighted by Gasteiger charge is 2.39. The molecule has 2 aromatic carbocycles. The molecule has 256 valence electrons. The summed E-state index contributed by atoms with van der Waals surface area (Å²) in [7, 11) is 0. The molecule has 3 heterocycles. The largest absolute Gasteiger partial charge is 0.494 e. The highest BCUT2D eigenvalue weighted by atomic mass is 16.5. The van der Waals surface area contributed by atoms with Gasteiger partial charge in [0.15, 0.2) is 5.78 Å². The van der Waals surface area contributed by atoms with Gasteiger partial charge in [0.2, 0.25) is 0 Å². The first-order valence-corrected chi connectivity index (χ1v) is 17.3. The number of ketones is 2. The third-order valence-corrected chi connectivity index (χ3v) is 9.57. The first kappa shape index (κ1) is 35.0. The summed E-state index contributed by atoms with van der Waals surface area (Å²) in [5.41, 5.74) is 7.85. The van der Waals surface area contributed by atoms with Gasteiger partial charge in [-0.25, -0.2) is 4.79 Å². The Balaban J connectivity index is 1.11. The molecule has 10 heteroatoms. The zero-order valence-corrected chi connectivity index (χ0v) is 27.6. The van der Waals surface area contributed by atoms with Crippen LogP contribution in [0.5, 0.6) is 5.75 Å². The van der Waals surface area contributed by atoms with Crippen LogP contribution in [0.25, 0.3) is 0 Å². The third kappa shape index (κ3) is 10.3. The van der Waals surface area contributed by atoms with E-state index in [-0.39, 0.29) is 42.1 Å². The van der Waals surface area contributed by atoms with Gasteiger partial charge in [-0.05, 0) is 54.9 Å². The first-order valence-electron chi connectivity index (χ1n) is 17.3. The van der Waals surface area contributed by atoms with Crippen molar-refractivity contribution in [2.24, 2.45) is 17.6 Å². The summed E-state index contributed by atoms with van der Waals surface area (Å²) < 4.78 is 22.6. The predicted octanol–water partition coefficient (Wildman–Crippen LogP) is 4.44. The molecular formula is C37H51N3O7. The molecule has 2 aromatic rings. The number of likely N-dealkylation sites (tertiary alicyclic amines) is 2. The SMILES string of the molecule is NCCOCCOCCC(=O)CCCOc1cccc([C@H](c2ccccc2)C2CCN(C(=O)N3CC[C@@H]4OCC(=O)C[C@@H]4C3)CC2)c1. The Morgan fingerprint density at radius 3 is 2.38 bits per heavy atom. The van der Waals surface area contributed by atoms with E-state index in [4.69, 9.17) is 24.7 Å². The maximum atomic E-state index is 13.5. The van der Waals surface area contributed by atoms with Gasteiger partial charge in [-0.15, -0.1) is 0 Å². The van der Waals surface area contributed by atoms with Crippen molar-refractivity contribution in [2.75, 3.05) is 72.4 Å². The molecule has 47 heavy (non-hydrogen) atoms.